The van der Waals surface area contributed by atoms with E-state index in [9.17, 15) is 9.59 Å². The van der Waals surface area contributed by atoms with E-state index in [0.717, 1.165) is 0 Å². The summed E-state index contributed by atoms with van der Waals surface area (Å²) < 4.78 is 21.3. The molecule has 174 valence electrons. The van der Waals surface area contributed by atoms with E-state index in [-0.39, 0.29) is 23.3 Å². The summed E-state index contributed by atoms with van der Waals surface area (Å²) in [6.45, 7) is 4.53. The maximum Gasteiger partial charge on any atom is 0.325 e. The molecule has 8 nitrogen and oxygen atoms in total. The van der Waals surface area contributed by atoms with Crippen molar-refractivity contribution < 1.29 is 28.5 Å². The molecule has 1 heterocycles. The standard InChI is InChI=1S/C24H26N2O6S/c1-5-31-20-12-7-16(14-21(20)32-6-2)13-19-23(28)26(17-8-10-18(29-3)11-9-17)24(33)25(19)15-22(27)30-4/h7-14H,5-6,15H2,1-4H3. The topological polar surface area (TPSA) is 77.5 Å². The van der Waals surface area contributed by atoms with Crippen LogP contribution in [-0.4, -0.2) is 55.9 Å². The SMILES string of the molecule is CCOc1ccc(C=C2C(=O)N(c3ccc(OC)cc3)C(=S)N2CC(=O)OC)cc1OCC. The quantitative estimate of drug-likeness (QED) is 0.312. The van der Waals surface area contributed by atoms with Crippen molar-refractivity contribution in [2.75, 3.05) is 38.9 Å². The van der Waals surface area contributed by atoms with Gasteiger partial charge in [-0.3, -0.25) is 14.5 Å². The summed E-state index contributed by atoms with van der Waals surface area (Å²) in [7, 11) is 2.85. The number of carbonyl (C=O) groups excluding carboxylic acids is 2. The van der Waals surface area contributed by atoms with E-state index in [4.69, 9.17) is 31.2 Å². The second kappa shape index (κ2) is 10.8. The maximum absolute atomic E-state index is 13.4. The highest BCUT2D eigenvalue weighted by molar-refractivity contribution is 7.80. The van der Waals surface area contributed by atoms with Gasteiger partial charge in [0.1, 0.15) is 18.0 Å². The summed E-state index contributed by atoms with van der Waals surface area (Å²) in [5.41, 5.74) is 1.50. The molecule has 33 heavy (non-hydrogen) atoms. The molecule has 1 aliphatic heterocycles. The van der Waals surface area contributed by atoms with E-state index in [0.29, 0.717) is 41.7 Å². The first kappa shape index (κ1) is 24.1. The lowest BCUT2D eigenvalue weighted by atomic mass is 10.1. The van der Waals surface area contributed by atoms with Gasteiger partial charge in [0.2, 0.25) is 0 Å². The Hall–Kier alpha value is -3.59. The molecule has 0 unspecified atom stereocenters. The van der Waals surface area contributed by atoms with Crippen LogP contribution in [0.4, 0.5) is 5.69 Å². The Balaban J connectivity index is 2.03. The van der Waals surface area contributed by atoms with Crippen molar-refractivity contribution in [1.29, 1.82) is 0 Å². The Morgan fingerprint density at radius 1 is 1.00 bits per heavy atom. The first-order chi connectivity index (χ1) is 15.9. The molecule has 0 aliphatic carbocycles. The molecular weight excluding hydrogens is 444 g/mol. The van der Waals surface area contributed by atoms with Crippen LogP contribution in [0, 0.1) is 0 Å². The van der Waals surface area contributed by atoms with Crippen LogP contribution < -0.4 is 19.1 Å². The summed E-state index contributed by atoms with van der Waals surface area (Å²) in [6.07, 6.45) is 1.67. The van der Waals surface area contributed by atoms with Crippen LogP contribution in [0.3, 0.4) is 0 Å². The fourth-order valence-corrected chi connectivity index (χ4v) is 3.65. The normalized spacial score (nSPS) is 14.6. The third kappa shape index (κ3) is 5.25. The third-order valence-electron chi connectivity index (χ3n) is 4.85. The molecule has 2 aromatic rings. The zero-order valence-corrected chi connectivity index (χ0v) is 19.8. The van der Waals surface area contributed by atoms with Crippen LogP contribution in [0.5, 0.6) is 17.2 Å². The summed E-state index contributed by atoms with van der Waals surface area (Å²) in [6, 6.07) is 12.3. The highest BCUT2D eigenvalue weighted by atomic mass is 32.1. The Morgan fingerprint density at radius 3 is 2.27 bits per heavy atom. The first-order valence-electron chi connectivity index (χ1n) is 10.4. The Labute approximate surface area is 198 Å². The number of carbonyl (C=O) groups is 2. The van der Waals surface area contributed by atoms with Gasteiger partial charge in [-0.2, -0.15) is 0 Å². The zero-order valence-electron chi connectivity index (χ0n) is 19.0. The van der Waals surface area contributed by atoms with E-state index < -0.39 is 5.97 Å². The number of benzene rings is 2. The second-order valence-electron chi connectivity index (χ2n) is 6.89. The van der Waals surface area contributed by atoms with Crippen molar-refractivity contribution >= 4 is 41.0 Å². The molecule has 0 N–H and O–H groups in total. The molecule has 1 fully saturated rings. The first-order valence-corrected chi connectivity index (χ1v) is 10.8. The van der Waals surface area contributed by atoms with Gasteiger partial charge in [-0.1, -0.05) is 6.07 Å². The van der Waals surface area contributed by atoms with E-state index in [2.05, 4.69) is 0 Å². The van der Waals surface area contributed by atoms with Crippen molar-refractivity contribution in [2.45, 2.75) is 13.8 Å². The second-order valence-corrected chi connectivity index (χ2v) is 7.25. The Morgan fingerprint density at radius 2 is 1.67 bits per heavy atom. The van der Waals surface area contributed by atoms with E-state index >= 15 is 0 Å². The number of amides is 1. The maximum atomic E-state index is 13.4. The fourth-order valence-electron chi connectivity index (χ4n) is 3.30. The smallest absolute Gasteiger partial charge is 0.325 e. The number of hydrogen-bond acceptors (Lipinski definition) is 7. The summed E-state index contributed by atoms with van der Waals surface area (Å²) in [5.74, 6) is 0.945. The van der Waals surface area contributed by atoms with Crippen LogP contribution in [0.2, 0.25) is 0 Å². The molecule has 1 aliphatic rings. The number of esters is 1. The zero-order chi connectivity index (χ0) is 24.0. The average molecular weight is 471 g/mol. The lowest BCUT2D eigenvalue weighted by Gasteiger charge is -2.19. The molecule has 9 heteroatoms. The van der Waals surface area contributed by atoms with Crippen molar-refractivity contribution in [1.82, 2.24) is 4.90 Å². The molecule has 0 spiro atoms. The molecule has 2 aromatic carbocycles. The van der Waals surface area contributed by atoms with Crippen LogP contribution >= 0.6 is 12.2 Å². The molecular formula is C24H26N2O6S. The third-order valence-corrected chi connectivity index (χ3v) is 5.25. The monoisotopic (exact) mass is 470 g/mol. The van der Waals surface area contributed by atoms with Crippen molar-refractivity contribution in [2.24, 2.45) is 0 Å². The minimum atomic E-state index is -0.519. The number of hydrogen-bond donors (Lipinski definition) is 0. The highest BCUT2D eigenvalue weighted by Crippen LogP contribution is 2.33. The fraction of sp³-hybridized carbons (Fsp3) is 0.292. The van der Waals surface area contributed by atoms with E-state index in [1.54, 1.807) is 49.6 Å². The van der Waals surface area contributed by atoms with Gasteiger partial charge in [-0.15, -0.1) is 0 Å². The molecule has 0 atom stereocenters. The summed E-state index contributed by atoms with van der Waals surface area (Å²) in [5, 5.41) is 0.179. The number of ether oxygens (including phenoxy) is 4. The van der Waals surface area contributed by atoms with Gasteiger partial charge in [0.25, 0.3) is 5.91 Å². The molecule has 1 amide bonds. The van der Waals surface area contributed by atoms with Gasteiger partial charge in [0.15, 0.2) is 16.6 Å². The van der Waals surface area contributed by atoms with Crippen LogP contribution in [0.25, 0.3) is 6.08 Å². The number of rotatable bonds is 9. The molecule has 0 aromatic heterocycles. The van der Waals surface area contributed by atoms with Gasteiger partial charge in [-0.05, 0) is 74.1 Å². The van der Waals surface area contributed by atoms with Gasteiger partial charge in [-0.25, -0.2) is 0 Å². The van der Waals surface area contributed by atoms with Gasteiger partial charge in [0.05, 0.1) is 33.1 Å². The Bertz CT molecular complexity index is 1070. The summed E-state index contributed by atoms with van der Waals surface area (Å²) >= 11 is 5.57. The van der Waals surface area contributed by atoms with Crippen molar-refractivity contribution in [3.8, 4) is 17.2 Å². The Kier molecular flexibility index (Phi) is 7.89. The van der Waals surface area contributed by atoms with Crippen molar-refractivity contribution in [3.05, 3.63) is 53.7 Å². The number of nitrogens with zero attached hydrogens (tertiary/aromatic N) is 2. The molecule has 0 radical (unpaired) electrons. The van der Waals surface area contributed by atoms with Crippen LogP contribution in [0.1, 0.15) is 19.4 Å². The molecule has 1 saturated heterocycles. The van der Waals surface area contributed by atoms with Gasteiger partial charge < -0.3 is 23.8 Å². The van der Waals surface area contributed by atoms with E-state index in [1.807, 2.05) is 19.9 Å². The predicted octanol–water partition coefficient (Wildman–Crippen LogP) is 3.64. The molecule has 3 rings (SSSR count). The highest BCUT2D eigenvalue weighted by Gasteiger charge is 2.40. The van der Waals surface area contributed by atoms with Gasteiger partial charge in [0, 0.05) is 0 Å². The van der Waals surface area contributed by atoms with Gasteiger partial charge >= 0.3 is 5.97 Å². The molecule has 0 bridgehead atoms. The van der Waals surface area contributed by atoms with Crippen LogP contribution in [-0.2, 0) is 14.3 Å². The number of anilines is 1. The summed E-state index contributed by atoms with van der Waals surface area (Å²) in [4.78, 5) is 28.3. The average Bonchev–Trinajstić information content (AvgIpc) is 3.04. The van der Waals surface area contributed by atoms with Crippen LogP contribution in [0.15, 0.2) is 48.2 Å². The predicted molar refractivity (Wildman–Crippen MR) is 129 cm³/mol. The minimum Gasteiger partial charge on any atom is -0.497 e. The van der Waals surface area contributed by atoms with E-state index in [1.165, 1.54) is 16.9 Å². The lowest BCUT2D eigenvalue weighted by Crippen LogP contribution is -2.35. The minimum absolute atomic E-state index is 0.179. The number of thiocarbonyl (C=S) groups is 1. The lowest BCUT2D eigenvalue weighted by molar-refractivity contribution is -0.140. The molecule has 0 saturated carbocycles. The largest absolute Gasteiger partial charge is 0.497 e. The number of methoxy groups -OCH3 is 2. The van der Waals surface area contributed by atoms with Crippen molar-refractivity contribution in [3.63, 3.8) is 0 Å².